The third-order valence-electron chi connectivity index (χ3n) is 2.88. The van der Waals surface area contributed by atoms with Crippen molar-refractivity contribution in [2.24, 2.45) is 0 Å². The van der Waals surface area contributed by atoms with Crippen molar-refractivity contribution < 1.29 is 18.3 Å². The molecule has 24 heavy (non-hydrogen) atoms. The summed E-state index contributed by atoms with van der Waals surface area (Å²) in [6.07, 6.45) is 1.55. The van der Waals surface area contributed by atoms with Gasteiger partial charge < -0.3 is 10.1 Å². The van der Waals surface area contributed by atoms with Crippen molar-refractivity contribution in [3.05, 3.63) is 65.7 Å². The molecule has 1 aromatic heterocycles. The quantitative estimate of drug-likeness (QED) is 0.708. The molecule has 2 amide bonds. The van der Waals surface area contributed by atoms with Crippen LogP contribution in [0, 0.1) is 11.6 Å². The van der Waals surface area contributed by atoms with Crippen molar-refractivity contribution in [2.45, 2.75) is 0 Å². The van der Waals surface area contributed by atoms with Crippen LogP contribution in [-0.4, -0.2) is 11.0 Å². The summed E-state index contributed by atoms with van der Waals surface area (Å²) in [4.78, 5) is 15.9. The van der Waals surface area contributed by atoms with Gasteiger partial charge in [0, 0.05) is 17.6 Å². The van der Waals surface area contributed by atoms with Gasteiger partial charge in [0.15, 0.2) is 10.9 Å². The van der Waals surface area contributed by atoms with E-state index >= 15 is 0 Å². The van der Waals surface area contributed by atoms with Gasteiger partial charge in [0.05, 0.1) is 5.69 Å². The lowest BCUT2D eigenvalue weighted by Gasteiger charge is -2.12. The fraction of sp³-hybridized carbons (Fsp3) is 0. The number of benzene rings is 2. The number of halogens is 2. The largest absolute Gasteiger partial charge is 0.455 e. The predicted octanol–water partition coefficient (Wildman–Crippen LogP) is 4.86. The Kier molecular flexibility index (Phi) is 4.66. The van der Waals surface area contributed by atoms with Crippen molar-refractivity contribution in [1.82, 2.24) is 4.98 Å². The van der Waals surface area contributed by atoms with Gasteiger partial charge in [0.1, 0.15) is 17.4 Å². The molecule has 0 saturated carbocycles. The molecular weight excluding hydrogens is 336 g/mol. The molecule has 2 N–H and O–H groups in total. The molecule has 0 atom stereocenters. The van der Waals surface area contributed by atoms with E-state index in [1.54, 1.807) is 11.6 Å². The molecule has 1 heterocycles. The number of aromatic nitrogens is 1. The number of hydrogen-bond donors (Lipinski definition) is 2. The average molecular weight is 347 g/mol. The highest BCUT2D eigenvalue weighted by Crippen LogP contribution is 2.30. The van der Waals surface area contributed by atoms with Crippen molar-refractivity contribution >= 4 is 28.2 Å². The van der Waals surface area contributed by atoms with E-state index in [9.17, 15) is 13.6 Å². The molecule has 122 valence electrons. The molecule has 0 aliphatic rings. The van der Waals surface area contributed by atoms with Gasteiger partial charge >= 0.3 is 6.03 Å². The van der Waals surface area contributed by atoms with Crippen LogP contribution in [0.1, 0.15) is 0 Å². The number of nitrogens with zero attached hydrogens (tertiary/aromatic N) is 1. The van der Waals surface area contributed by atoms with E-state index in [1.165, 1.54) is 47.7 Å². The molecular formula is C16H11F2N3O2S. The van der Waals surface area contributed by atoms with Gasteiger partial charge in [-0.2, -0.15) is 0 Å². The maximum absolute atomic E-state index is 13.5. The number of carbonyl (C=O) groups is 1. The lowest BCUT2D eigenvalue weighted by molar-refractivity contribution is 0.262. The number of ether oxygens (including phenoxy) is 1. The van der Waals surface area contributed by atoms with E-state index in [1.807, 2.05) is 0 Å². The van der Waals surface area contributed by atoms with Crippen LogP contribution in [0.15, 0.2) is 54.0 Å². The molecule has 3 aromatic rings. The fourth-order valence-electron chi connectivity index (χ4n) is 1.85. The molecule has 2 aromatic carbocycles. The minimum absolute atomic E-state index is 0.133. The molecule has 5 nitrogen and oxygen atoms in total. The Hall–Kier alpha value is -3.00. The summed E-state index contributed by atoms with van der Waals surface area (Å²) in [5.41, 5.74) is 0.133. The number of hydrogen-bond acceptors (Lipinski definition) is 4. The third-order valence-corrected chi connectivity index (χ3v) is 3.57. The maximum Gasteiger partial charge on any atom is 0.325 e. The van der Waals surface area contributed by atoms with Crippen LogP contribution in [0.25, 0.3) is 0 Å². The standard InChI is InChI=1S/C16H11F2N3O2S/c17-10-1-4-12(5-2-10)23-14-6-3-11(18)9-13(14)20-15(22)21-16-19-7-8-24-16/h1-9H,(H2,19,20,21,22). The second-order valence-corrected chi connectivity index (χ2v) is 5.51. The monoisotopic (exact) mass is 347 g/mol. The molecule has 0 bridgehead atoms. The van der Waals surface area contributed by atoms with Crippen molar-refractivity contribution in [3.8, 4) is 11.5 Å². The van der Waals surface area contributed by atoms with Crippen LogP contribution in [0.2, 0.25) is 0 Å². The highest BCUT2D eigenvalue weighted by atomic mass is 32.1. The lowest BCUT2D eigenvalue weighted by atomic mass is 10.2. The first kappa shape index (κ1) is 15.9. The first-order valence-electron chi connectivity index (χ1n) is 6.80. The van der Waals surface area contributed by atoms with Crippen molar-refractivity contribution in [2.75, 3.05) is 10.6 Å². The molecule has 0 aliphatic heterocycles. The normalized spacial score (nSPS) is 10.2. The highest BCUT2D eigenvalue weighted by Gasteiger charge is 2.11. The Labute approximate surface area is 139 Å². The van der Waals surface area contributed by atoms with Crippen molar-refractivity contribution in [1.29, 1.82) is 0 Å². The van der Waals surface area contributed by atoms with E-state index < -0.39 is 17.7 Å². The highest BCUT2D eigenvalue weighted by molar-refractivity contribution is 7.13. The van der Waals surface area contributed by atoms with E-state index in [0.29, 0.717) is 10.9 Å². The molecule has 0 radical (unpaired) electrons. The van der Waals surface area contributed by atoms with Crippen LogP contribution >= 0.6 is 11.3 Å². The lowest BCUT2D eigenvalue weighted by Crippen LogP contribution is -2.19. The number of rotatable bonds is 4. The smallest absolute Gasteiger partial charge is 0.325 e. The number of anilines is 2. The second kappa shape index (κ2) is 7.05. The first-order chi connectivity index (χ1) is 11.6. The van der Waals surface area contributed by atoms with Gasteiger partial charge in [0.25, 0.3) is 0 Å². The first-order valence-corrected chi connectivity index (χ1v) is 7.68. The number of urea groups is 1. The molecule has 0 aliphatic carbocycles. The van der Waals surface area contributed by atoms with Gasteiger partial charge in [-0.1, -0.05) is 0 Å². The summed E-state index contributed by atoms with van der Waals surface area (Å²) in [6.45, 7) is 0. The maximum atomic E-state index is 13.5. The molecule has 0 fully saturated rings. The summed E-state index contributed by atoms with van der Waals surface area (Å²) in [5.74, 6) is -0.364. The van der Waals surface area contributed by atoms with Crippen LogP contribution < -0.4 is 15.4 Å². The molecule has 0 saturated heterocycles. The Morgan fingerprint density at radius 1 is 1.04 bits per heavy atom. The zero-order valence-corrected chi connectivity index (χ0v) is 12.9. The van der Waals surface area contributed by atoms with Crippen LogP contribution in [-0.2, 0) is 0 Å². The van der Waals surface area contributed by atoms with Gasteiger partial charge in [-0.3, -0.25) is 5.32 Å². The Balaban J connectivity index is 1.77. The van der Waals surface area contributed by atoms with E-state index in [0.717, 1.165) is 6.07 Å². The van der Waals surface area contributed by atoms with Gasteiger partial charge in [-0.05, 0) is 36.4 Å². The van der Waals surface area contributed by atoms with Crippen LogP contribution in [0.4, 0.5) is 24.4 Å². The summed E-state index contributed by atoms with van der Waals surface area (Å²) >= 11 is 1.25. The minimum atomic E-state index is -0.584. The van der Waals surface area contributed by atoms with E-state index in [2.05, 4.69) is 15.6 Å². The molecule has 0 spiro atoms. The second-order valence-electron chi connectivity index (χ2n) is 4.61. The third kappa shape index (κ3) is 4.05. The minimum Gasteiger partial charge on any atom is -0.455 e. The SMILES string of the molecule is O=C(Nc1nccs1)Nc1cc(F)ccc1Oc1ccc(F)cc1. The Bertz CT molecular complexity index is 839. The van der Waals surface area contributed by atoms with E-state index in [-0.39, 0.29) is 11.4 Å². The van der Waals surface area contributed by atoms with Crippen LogP contribution in [0.5, 0.6) is 11.5 Å². The number of carbonyl (C=O) groups excluding carboxylic acids is 1. The van der Waals surface area contributed by atoms with E-state index in [4.69, 9.17) is 4.74 Å². The molecule has 0 unspecified atom stereocenters. The molecule has 8 heteroatoms. The van der Waals surface area contributed by atoms with Gasteiger partial charge in [0.2, 0.25) is 0 Å². The zero-order valence-electron chi connectivity index (χ0n) is 12.1. The van der Waals surface area contributed by atoms with Gasteiger partial charge in [-0.15, -0.1) is 11.3 Å². The number of nitrogens with one attached hydrogen (secondary N) is 2. The molecule has 3 rings (SSSR count). The zero-order chi connectivity index (χ0) is 16.9. The fourth-order valence-corrected chi connectivity index (χ4v) is 2.38. The predicted molar refractivity (Wildman–Crippen MR) is 87.6 cm³/mol. The summed E-state index contributed by atoms with van der Waals surface area (Å²) < 4.78 is 32.0. The Morgan fingerprint density at radius 2 is 1.79 bits per heavy atom. The summed E-state index contributed by atoms with van der Waals surface area (Å²) in [7, 11) is 0. The van der Waals surface area contributed by atoms with Crippen molar-refractivity contribution in [3.63, 3.8) is 0 Å². The summed E-state index contributed by atoms with van der Waals surface area (Å²) in [5, 5.41) is 7.13. The van der Waals surface area contributed by atoms with Gasteiger partial charge in [-0.25, -0.2) is 18.6 Å². The summed E-state index contributed by atoms with van der Waals surface area (Å²) in [6, 6.07) is 8.44. The topological polar surface area (TPSA) is 63.2 Å². The number of thiazole rings is 1. The Morgan fingerprint density at radius 3 is 2.50 bits per heavy atom. The van der Waals surface area contributed by atoms with Crippen LogP contribution in [0.3, 0.4) is 0 Å². The average Bonchev–Trinajstić information content (AvgIpc) is 3.05. The number of amides is 2.